The summed E-state index contributed by atoms with van der Waals surface area (Å²) in [5.74, 6) is 1.20. The van der Waals surface area contributed by atoms with Gasteiger partial charge in [0.05, 0.1) is 24.0 Å². The molecule has 10 heteroatoms. The third-order valence-electron chi connectivity index (χ3n) is 5.83. The van der Waals surface area contributed by atoms with Gasteiger partial charge < -0.3 is 10.1 Å². The van der Waals surface area contributed by atoms with Gasteiger partial charge in [-0.15, -0.1) is 5.10 Å². The van der Waals surface area contributed by atoms with Crippen molar-refractivity contribution in [3.05, 3.63) is 42.7 Å². The number of halogens is 2. The molecule has 8 nitrogen and oxygen atoms in total. The van der Waals surface area contributed by atoms with Gasteiger partial charge in [-0.1, -0.05) is 6.92 Å². The van der Waals surface area contributed by atoms with Crippen LogP contribution in [0.5, 0.6) is 0 Å². The van der Waals surface area contributed by atoms with E-state index in [0.29, 0.717) is 24.6 Å². The normalized spacial score (nSPS) is 19.5. The van der Waals surface area contributed by atoms with E-state index in [1.54, 1.807) is 10.7 Å². The van der Waals surface area contributed by atoms with Gasteiger partial charge in [-0.25, -0.2) is 19.5 Å². The lowest BCUT2D eigenvalue weighted by molar-refractivity contribution is -0.169. The number of nitrogens with one attached hydrogen (secondary N) is 1. The summed E-state index contributed by atoms with van der Waals surface area (Å²) >= 11 is 0. The second-order valence-electron chi connectivity index (χ2n) is 7.77. The van der Waals surface area contributed by atoms with E-state index in [2.05, 4.69) is 37.0 Å². The third kappa shape index (κ3) is 3.95. The van der Waals surface area contributed by atoms with E-state index in [4.69, 9.17) is 0 Å². The molecule has 0 spiro atoms. The van der Waals surface area contributed by atoms with E-state index in [9.17, 15) is 8.78 Å². The number of anilines is 1. The SMILES string of the molecule is CCc1cnc2ncc(-c3ccn4nc(N[C@H]5CC[C@H](OC(F)F)CC5)ncc34)cn12. The summed E-state index contributed by atoms with van der Waals surface area (Å²) in [7, 11) is 0. The van der Waals surface area contributed by atoms with Gasteiger partial charge in [0.15, 0.2) is 0 Å². The van der Waals surface area contributed by atoms with Gasteiger partial charge in [-0.2, -0.15) is 8.78 Å². The summed E-state index contributed by atoms with van der Waals surface area (Å²) in [6, 6.07) is 2.14. The molecule has 1 aliphatic carbocycles. The molecule has 31 heavy (non-hydrogen) atoms. The lowest BCUT2D eigenvalue weighted by Crippen LogP contribution is -2.31. The van der Waals surface area contributed by atoms with E-state index in [0.717, 1.165) is 41.6 Å². The van der Waals surface area contributed by atoms with Crippen LogP contribution >= 0.6 is 0 Å². The molecule has 1 saturated carbocycles. The maximum absolute atomic E-state index is 12.4. The lowest BCUT2D eigenvalue weighted by atomic mass is 9.93. The van der Waals surface area contributed by atoms with E-state index < -0.39 is 6.61 Å². The van der Waals surface area contributed by atoms with Crippen LogP contribution in [0.3, 0.4) is 0 Å². The van der Waals surface area contributed by atoms with Crippen molar-refractivity contribution in [2.45, 2.75) is 57.8 Å². The van der Waals surface area contributed by atoms with Crippen LogP contribution in [0.4, 0.5) is 14.7 Å². The fraction of sp³-hybridized carbons (Fsp3) is 0.429. The van der Waals surface area contributed by atoms with E-state index in [1.165, 1.54) is 0 Å². The number of imidazole rings is 1. The summed E-state index contributed by atoms with van der Waals surface area (Å²) in [5.41, 5.74) is 3.92. The van der Waals surface area contributed by atoms with Gasteiger partial charge in [0.2, 0.25) is 11.7 Å². The van der Waals surface area contributed by atoms with Crippen LogP contribution < -0.4 is 5.32 Å². The Morgan fingerprint density at radius 2 is 1.94 bits per heavy atom. The highest BCUT2D eigenvalue weighted by Crippen LogP contribution is 2.27. The van der Waals surface area contributed by atoms with Crippen LogP contribution in [0.2, 0.25) is 0 Å². The van der Waals surface area contributed by atoms with Crippen LogP contribution in [0.25, 0.3) is 22.4 Å². The van der Waals surface area contributed by atoms with Gasteiger partial charge in [-0.05, 0) is 38.2 Å². The number of alkyl halides is 2. The minimum absolute atomic E-state index is 0.144. The van der Waals surface area contributed by atoms with Crippen LogP contribution in [-0.4, -0.2) is 47.7 Å². The Labute approximate surface area is 177 Å². The molecule has 4 aromatic heterocycles. The van der Waals surface area contributed by atoms with Crippen LogP contribution in [0.1, 0.15) is 38.3 Å². The number of hydrogen-bond acceptors (Lipinski definition) is 6. The van der Waals surface area contributed by atoms with Crippen molar-refractivity contribution < 1.29 is 13.5 Å². The van der Waals surface area contributed by atoms with Crippen molar-refractivity contribution in [3.63, 3.8) is 0 Å². The van der Waals surface area contributed by atoms with Crippen molar-refractivity contribution in [1.29, 1.82) is 0 Å². The molecule has 1 aliphatic rings. The highest BCUT2D eigenvalue weighted by molar-refractivity contribution is 5.79. The summed E-state index contributed by atoms with van der Waals surface area (Å²) in [6.45, 7) is -0.619. The molecular weight excluding hydrogens is 404 g/mol. The molecule has 0 unspecified atom stereocenters. The zero-order chi connectivity index (χ0) is 21.4. The Balaban J connectivity index is 1.34. The Hall–Kier alpha value is -3.14. The standard InChI is InChI=1S/C21H23F2N7O/c1-2-15-10-26-21-25-9-13(12-29(15)21)17-7-8-30-18(17)11-24-20(28-30)27-14-3-5-16(6-4-14)31-19(22)23/h7-12,14,16,19H,2-6H2,1H3,(H,27,28)/t14-,16-. The quantitative estimate of drug-likeness (QED) is 0.502. The molecule has 0 amide bonds. The molecule has 4 heterocycles. The van der Waals surface area contributed by atoms with Gasteiger partial charge in [0.1, 0.15) is 0 Å². The monoisotopic (exact) mass is 427 g/mol. The molecule has 0 radical (unpaired) electrons. The summed E-state index contributed by atoms with van der Waals surface area (Å²) < 4.78 is 33.1. The van der Waals surface area contributed by atoms with Crippen molar-refractivity contribution in [1.82, 2.24) is 29.0 Å². The molecule has 0 saturated heterocycles. The second-order valence-corrected chi connectivity index (χ2v) is 7.77. The van der Waals surface area contributed by atoms with Crippen molar-refractivity contribution in [2.24, 2.45) is 0 Å². The zero-order valence-electron chi connectivity index (χ0n) is 17.1. The Kier molecular flexibility index (Phi) is 5.23. The van der Waals surface area contributed by atoms with Gasteiger partial charge in [-0.3, -0.25) is 4.40 Å². The molecule has 0 aliphatic heterocycles. The Morgan fingerprint density at radius 1 is 1.13 bits per heavy atom. The van der Waals surface area contributed by atoms with Crippen LogP contribution in [0.15, 0.2) is 37.1 Å². The first kappa shape index (κ1) is 19.8. The number of fused-ring (bicyclic) bond motifs is 2. The molecule has 0 aromatic carbocycles. The first-order chi connectivity index (χ1) is 15.1. The molecule has 162 valence electrons. The first-order valence-electron chi connectivity index (χ1n) is 10.5. The number of ether oxygens (including phenoxy) is 1. The lowest BCUT2D eigenvalue weighted by Gasteiger charge is -2.28. The zero-order valence-corrected chi connectivity index (χ0v) is 17.1. The van der Waals surface area contributed by atoms with Crippen molar-refractivity contribution >= 4 is 17.2 Å². The van der Waals surface area contributed by atoms with Crippen LogP contribution in [0, 0.1) is 0 Å². The summed E-state index contributed by atoms with van der Waals surface area (Å²) in [4.78, 5) is 13.3. The largest absolute Gasteiger partial charge is 0.350 e. The fourth-order valence-corrected chi connectivity index (χ4v) is 4.20. The maximum atomic E-state index is 12.4. The van der Waals surface area contributed by atoms with Crippen molar-refractivity contribution in [3.8, 4) is 11.1 Å². The predicted octanol–water partition coefficient (Wildman–Crippen LogP) is 3.96. The second kappa shape index (κ2) is 8.18. The highest BCUT2D eigenvalue weighted by Gasteiger charge is 2.24. The minimum Gasteiger partial charge on any atom is -0.350 e. The predicted molar refractivity (Wildman–Crippen MR) is 111 cm³/mol. The minimum atomic E-state index is -2.71. The molecule has 1 fully saturated rings. The van der Waals surface area contributed by atoms with E-state index in [1.807, 2.05) is 35.3 Å². The smallest absolute Gasteiger partial charge is 0.345 e. The number of hydrogen-bond donors (Lipinski definition) is 1. The molecule has 4 aromatic rings. The highest BCUT2D eigenvalue weighted by atomic mass is 19.3. The van der Waals surface area contributed by atoms with Gasteiger partial charge in [0.25, 0.3) is 0 Å². The number of nitrogens with zero attached hydrogens (tertiary/aromatic N) is 6. The maximum Gasteiger partial charge on any atom is 0.345 e. The average molecular weight is 427 g/mol. The average Bonchev–Trinajstić information content (AvgIpc) is 3.37. The molecule has 5 rings (SSSR count). The van der Waals surface area contributed by atoms with E-state index >= 15 is 0 Å². The third-order valence-corrected chi connectivity index (χ3v) is 5.83. The topological polar surface area (TPSA) is 81.6 Å². The Bertz CT molecular complexity index is 1200. The first-order valence-corrected chi connectivity index (χ1v) is 10.5. The van der Waals surface area contributed by atoms with Crippen molar-refractivity contribution in [2.75, 3.05) is 5.32 Å². The van der Waals surface area contributed by atoms with Gasteiger partial charge >= 0.3 is 6.61 Å². The van der Waals surface area contributed by atoms with E-state index in [-0.39, 0.29) is 12.1 Å². The molecular formula is C21H23F2N7O. The number of aromatic nitrogens is 6. The molecule has 0 atom stereocenters. The summed E-state index contributed by atoms with van der Waals surface area (Å²) in [6.07, 6.45) is 12.6. The summed E-state index contributed by atoms with van der Waals surface area (Å²) in [5, 5.41) is 7.89. The molecule has 0 bridgehead atoms. The van der Waals surface area contributed by atoms with Crippen LogP contribution in [-0.2, 0) is 11.2 Å². The molecule has 1 N–H and O–H groups in total. The number of aryl methyl sites for hydroxylation is 1. The number of rotatable bonds is 6. The van der Waals surface area contributed by atoms with Gasteiger partial charge in [0, 0.05) is 41.5 Å². The fourth-order valence-electron chi connectivity index (χ4n) is 4.20. The Morgan fingerprint density at radius 3 is 2.71 bits per heavy atom.